The minimum Gasteiger partial charge on any atom is -0.325 e. The molecule has 0 amide bonds. The maximum atomic E-state index is 11.8. The lowest BCUT2D eigenvalue weighted by Gasteiger charge is -2.26. The third-order valence-electron chi connectivity index (χ3n) is 2.70. The molecule has 92 valence electrons. The number of sulfone groups is 1. The number of hydrogen-bond donors (Lipinski definition) is 1. The van der Waals surface area contributed by atoms with Crippen molar-refractivity contribution >= 4 is 9.84 Å². The van der Waals surface area contributed by atoms with E-state index in [1.807, 2.05) is 6.92 Å². The van der Waals surface area contributed by atoms with Gasteiger partial charge in [-0.15, -0.1) is 0 Å². The van der Waals surface area contributed by atoms with Crippen molar-refractivity contribution in [3.63, 3.8) is 0 Å². The normalized spacial score (nSPS) is 17.5. The number of rotatable bonds is 5. The molecule has 0 aliphatic carbocycles. The van der Waals surface area contributed by atoms with Crippen LogP contribution in [0.2, 0.25) is 0 Å². The van der Waals surface area contributed by atoms with Crippen molar-refractivity contribution in [2.75, 3.05) is 5.75 Å². The van der Waals surface area contributed by atoms with Gasteiger partial charge in [-0.25, -0.2) is 8.42 Å². The lowest BCUT2D eigenvalue weighted by atomic mass is 9.95. The maximum Gasteiger partial charge on any atom is 0.155 e. The molecule has 0 spiro atoms. The average Bonchev–Trinajstić information content (AvgIpc) is 1.99. The fourth-order valence-electron chi connectivity index (χ4n) is 1.37. The largest absolute Gasteiger partial charge is 0.325 e. The molecular weight excluding hydrogens is 210 g/mol. The Morgan fingerprint density at radius 2 is 1.53 bits per heavy atom. The SMILES string of the molecule is CCCC(C)(N)CCS(=O)(=O)C(C)(C)C. The molecule has 0 saturated heterocycles. The lowest BCUT2D eigenvalue weighted by molar-refractivity contribution is 0.411. The molecular formula is C11H25NO2S. The van der Waals surface area contributed by atoms with Crippen molar-refractivity contribution in [1.82, 2.24) is 0 Å². The van der Waals surface area contributed by atoms with Crippen LogP contribution < -0.4 is 5.73 Å². The van der Waals surface area contributed by atoms with Gasteiger partial charge in [-0.05, 0) is 40.5 Å². The van der Waals surface area contributed by atoms with E-state index < -0.39 is 14.6 Å². The highest BCUT2D eigenvalue weighted by Crippen LogP contribution is 2.21. The second kappa shape index (κ2) is 4.83. The first-order valence-electron chi connectivity index (χ1n) is 5.53. The highest BCUT2D eigenvalue weighted by atomic mass is 32.2. The van der Waals surface area contributed by atoms with Gasteiger partial charge in [0, 0.05) is 5.54 Å². The summed E-state index contributed by atoms with van der Waals surface area (Å²) < 4.78 is 23.0. The Balaban J connectivity index is 4.41. The smallest absolute Gasteiger partial charge is 0.155 e. The Morgan fingerprint density at radius 3 is 1.87 bits per heavy atom. The third kappa shape index (κ3) is 4.98. The molecule has 0 rings (SSSR count). The van der Waals surface area contributed by atoms with Crippen molar-refractivity contribution in [3.8, 4) is 0 Å². The van der Waals surface area contributed by atoms with Crippen LogP contribution in [0.5, 0.6) is 0 Å². The molecule has 0 aromatic rings. The van der Waals surface area contributed by atoms with Gasteiger partial charge in [0.05, 0.1) is 10.5 Å². The summed E-state index contributed by atoms with van der Waals surface area (Å²) in [7, 11) is -3.03. The number of nitrogens with two attached hydrogens (primary N) is 1. The van der Waals surface area contributed by atoms with Crippen molar-refractivity contribution in [1.29, 1.82) is 0 Å². The second-order valence-electron chi connectivity index (χ2n) is 5.59. The van der Waals surface area contributed by atoms with Crippen LogP contribution in [-0.4, -0.2) is 24.5 Å². The topological polar surface area (TPSA) is 60.2 Å². The van der Waals surface area contributed by atoms with E-state index in [1.54, 1.807) is 20.8 Å². The van der Waals surface area contributed by atoms with Crippen molar-refractivity contribution in [3.05, 3.63) is 0 Å². The first-order valence-corrected chi connectivity index (χ1v) is 7.18. The minimum atomic E-state index is -3.03. The minimum absolute atomic E-state index is 0.184. The van der Waals surface area contributed by atoms with Gasteiger partial charge < -0.3 is 5.73 Å². The molecule has 0 bridgehead atoms. The summed E-state index contributed by atoms with van der Waals surface area (Å²) in [5.74, 6) is 0.184. The fourth-order valence-corrected chi connectivity index (χ4v) is 2.72. The lowest BCUT2D eigenvalue weighted by Crippen LogP contribution is -2.40. The molecule has 0 fully saturated rings. The van der Waals surface area contributed by atoms with Gasteiger partial charge in [0.1, 0.15) is 0 Å². The third-order valence-corrected chi connectivity index (χ3v) is 5.30. The zero-order valence-corrected chi connectivity index (χ0v) is 11.4. The highest BCUT2D eigenvalue weighted by Gasteiger charge is 2.30. The van der Waals surface area contributed by atoms with Crippen LogP contribution in [-0.2, 0) is 9.84 Å². The molecule has 4 heteroatoms. The van der Waals surface area contributed by atoms with E-state index in [-0.39, 0.29) is 11.3 Å². The summed E-state index contributed by atoms with van der Waals surface area (Å²) in [6, 6.07) is 0. The predicted octanol–water partition coefficient (Wildman–Crippen LogP) is 2.11. The molecule has 0 aromatic carbocycles. The molecule has 0 radical (unpaired) electrons. The van der Waals surface area contributed by atoms with Crippen LogP contribution in [0.4, 0.5) is 0 Å². The van der Waals surface area contributed by atoms with Crippen LogP contribution in [0.3, 0.4) is 0 Å². The Bertz CT molecular complexity index is 286. The van der Waals surface area contributed by atoms with Crippen molar-refractivity contribution in [2.45, 2.75) is 64.2 Å². The Kier molecular flexibility index (Phi) is 4.80. The summed E-state index contributed by atoms with van der Waals surface area (Å²) in [4.78, 5) is 0. The van der Waals surface area contributed by atoms with Crippen LogP contribution in [0.15, 0.2) is 0 Å². The van der Waals surface area contributed by atoms with Gasteiger partial charge in [0.15, 0.2) is 9.84 Å². The van der Waals surface area contributed by atoms with Crippen molar-refractivity contribution in [2.24, 2.45) is 5.73 Å². The Morgan fingerprint density at radius 1 is 1.07 bits per heavy atom. The highest BCUT2D eigenvalue weighted by molar-refractivity contribution is 7.92. The monoisotopic (exact) mass is 235 g/mol. The van der Waals surface area contributed by atoms with E-state index in [1.165, 1.54) is 0 Å². The van der Waals surface area contributed by atoms with E-state index >= 15 is 0 Å². The molecule has 0 aliphatic rings. The summed E-state index contributed by atoms with van der Waals surface area (Å²) in [5, 5.41) is 0. The standard InChI is InChI=1S/C11H25NO2S/c1-6-7-11(5,12)8-9-15(13,14)10(2,3)4/h6-9,12H2,1-5H3. The van der Waals surface area contributed by atoms with Gasteiger partial charge in [-0.1, -0.05) is 13.3 Å². The molecule has 2 N–H and O–H groups in total. The fraction of sp³-hybridized carbons (Fsp3) is 1.00. The maximum absolute atomic E-state index is 11.8. The summed E-state index contributed by atoms with van der Waals surface area (Å²) >= 11 is 0. The van der Waals surface area contributed by atoms with E-state index in [9.17, 15) is 8.42 Å². The van der Waals surface area contributed by atoms with Gasteiger partial charge in [-0.3, -0.25) is 0 Å². The van der Waals surface area contributed by atoms with Gasteiger partial charge in [0.25, 0.3) is 0 Å². The Labute approximate surface area is 94.4 Å². The average molecular weight is 235 g/mol. The molecule has 0 aromatic heterocycles. The first-order chi connectivity index (χ1) is 6.52. The van der Waals surface area contributed by atoms with E-state index in [0.717, 1.165) is 12.8 Å². The van der Waals surface area contributed by atoms with E-state index in [4.69, 9.17) is 5.73 Å². The molecule has 0 aliphatic heterocycles. The zero-order chi connectivity index (χ0) is 12.3. The molecule has 3 nitrogen and oxygen atoms in total. The van der Waals surface area contributed by atoms with Crippen LogP contribution in [0, 0.1) is 0 Å². The molecule has 1 atom stereocenters. The van der Waals surface area contributed by atoms with E-state index in [2.05, 4.69) is 6.92 Å². The first kappa shape index (κ1) is 14.9. The molecule has 1 unspecified atom stereocenters. The summed E-state index contributed by atoms with van der Waals surface area (Å²) in [5.41, 5.74) is 5.66. The van der Waals surface area contributed by atoms with Crippen LogP contribution in [0.1, 0.15) is 53.9 Å². The number of hydrogen-bond acceptors (Lipinski definition) is 3. The second-order valence-corrected chi connectivity index (χ2v) is 8.45. The van der Waals surface area contributed by atoms with Gasteiger partial charge >= 0.3 is 0 Å². The molecule has 0 saturated carbocycles. The molecule has 0 heterocycles. The van der Waals surface area contributed by atoms with Gasteiger partial charge in [-0.2, -0.15) is 0 Å². The Hall–Kier alpha value is -0.0900. The quantitative estimate of drug-likeness (QED) is 0.794. The van der Waals surface area contributed by atoms with Crippen molar-refractivity contribution < 1.29 is 8.42 Å². The van der Waals surface area contributed by atoms with Crippen LogP contribution >= 0.6 is 0 Å². The van der Waals surface area contributed by atoms with Gasteiger partial charge in [0.2, 0.25) is 0 Å². The zero-order valence-electron chi connectivity index (χ0n) is 10.6. The van der Waals surface area contributed by atoms with Crippen LogP contribution in [0.25, 0.3) is 0 Å². The summed E-state index contributed by atoms with van der Waals surface area (Å²) in [6.45, 7) is 9.18. The van der Waals surface area contributed by atoms with E-state index in [0.29, 0.717) is 6.42 Å². The summed E-state index contributed by atoms with van der Waals surface area (Å²) in [6.07, 6.45) is 2.40. The predicted molar refractivity (Wildman–Crippen MR) is 65.7 cm³/mol. The molecule has 15 heavy (non-hydrogen) atoms.